The standard InChI is InChI=1S/C21H20N6/c1-2-4-18(5-3-1)15-27-16-19(14-25-27)20-9-13-24-21(26-20)23-12-8-17-6-10-22-11-7-17/h1-7,9-11,13-14,16H,8,12,15H2,(H,23,24,26). The second-order valence-electron chi connectivity index (χ2n) is 6.21. The van der Waals surface area contributed by atoms with Crippen LogP contribution in [-0.2, 0) is 13.0 Å². The van der Waals surface area contributed by atoms with Gasteiger partial charge >= 0.3 is 0 Å². The van der Waals surface area contributed by atoms with Crippen molar-refractivity contribution in [3.63, 3.8) is 0 Å². The maximum absolute atomic E-state index is 4.61. The van der Waals surface area contributed by atoms with Gasteiger partial charge in [-0.25, -0.2) is 9.97 Å². The molecule has 0 saturated heterocycles. The van der Waals surface area contributed by atoms with Crippen LogP contribution in [0.4, 0.5) is 5.95 Å². The summed E-state index contributed by atoms with van der Waals surface area (Å²) < 4.78 is 1.92. The monoisotopic (exact) mass is 356 g/mol. The number of hydrogen-bond acceptors (Lipinski definition) is 5. The fraction of sp³-hybridized carbons (Fsp3) is 0.143. The molecule has 3 aromatic heterocycles. The van der Waals surface area contributed by atoms with Crippen LogP contribution in [0, 0.1) is 0 Å². The van der Waals surface area contributed by atoms with Crippen molar-refractivity contribution in [2.75, 3.05) is 11.9 Å². The van der Waals surface area contributed by atoms with Gasteiger partial charge in [0.1, 0.15) is 0 Å². The third kappa shape index (κ3) is 4.55. The fourth-order valence-corrected chi connectivity index (χ4v) is 2.83. The average molecular weight is 356 g/mol. The Hall–Kier alpha value is -3.54. The Morgan fingerprint density at radius 2 is 1.74 bits per heavy atom. The first-order chi connectivity index (χ1) is 13.4. The van der Waals surface area contributed by atoms with E-state index < -0.39 is 0 Å². The molecule has 4 rings (SSSR count). The van der Waals surface area contributed by atoms with E-state index in [-0.39, 0.29) is 0 Å². The van der Waals surface area contributed by atoms with Crippen molar-refractivity contribution in [1.82, 2.24) is 24.7 Å². The Morgan fingerprint density at radius 1 is 0.889 bits per heavy atom. The molecule has 4 aromatic rings. The van der Waals surface area contributed by atoms with Gasteiger partial charge in [0, 0.05) is 36.9 Å². The third-order valence-corrected chi connectivity index (χ3v) is 4.22. The van der Waals surface area contributed by atoms with Gasteiger partial charge in [-0.1, -0.05) is 30.3 Å². The van der Waals surface area contributed by atoms with Crippen LogP contribution >= 0.6 is 0 Å². The minimum absolute atomic E-state index is 0.623. The zero-order valence-electron chi connectivity index (χ0n) is 14.9. The molecular weight excluding hydrogens is 336 g/mol. The molecule has 1 aromatic carbocycles. The lowest BCUT2D eigenvalue weighted by Gasteiger charge is -2.06. The zero-order valence-corrected chi connectivity index (χ0v) is 14.9. The van der Waals surface area contributed by atoms with Gasteiger partial charge in [0.25, 0.3) is 0 Å². The van der Waals surface area contributed by atoms with E-state index in [9.17, 15) is 0 Å². The van der Waals surface area contributed by atoms with Crippen LogP contribution in [0.1, 0.15) is 11.1 Å². The third-order valence-electron chi connectivity index (χ3n) is 4.22. The van der Waals surface area contributed by atoms with Crippen molar-refractivity contribution in [3.8, 4) is 11.3 Å². The summed E-state index contributed by atoms with van der Waals surface area (Å²) in [6.45, 7) is 1.50. The van der Waals surface area contributed by atoms with Crippen LogP contribution in [0.3, 0.4) is 0 Å². The molecule has 27 heavy (non-hydrogen) atoms. The number of rotatable bonds is 7. The first kappa shape index (κ1) is 16.9. The van der Waals surface area contributed by atoms with E-state index in [0.717, 1.165) is 30.8 Å². The molecule has 0 fully saturated rings. The van der Waals surface area contributed by atoms with Crippen LogP contribution in [0.25, 0.3) is 11.3 Å². The Bertz CT molecular complexity index is 982. The SMILES string of the molecule is c1ccc(Cn2cc(-c3ccnc(NCCc4ccncc4)n3)cn2)cc1. The van der Waals surface area contributed by atoms with Crippen LogP contribution in [-0.4, -0.2) is 31.3 Å². The van der Waals surface area contributed by atoms with Crippen molar-refractivity contribution in [2.24, 2.45) is 0 Å². The van der Waals surface area contributed by atoms with E-state index in [1.807, 2.05) is 53.5 Å². The highest BCUT2D eigenvalue weighted by atomic mass is 15.3. The highest BCUT2D eigenvalue weighted by Gasteiger charge is 2.06. The summed E-state index contributed by atoms with van der Waals surface area (Å²) in [5.74, 6) is 0.623. The van der Waals surface area contributed by atoms with Crippen molar-refractivity contribution in [2.45, 2.75) is 13.0 Å². The lowest BCUT2D eigenvalue weighted by molar-refractivity contribution is 0.687. The van der Waals surface area contributed by atoms with Crippen molar-refractivity contribution in [1.29, 1.82) is 0 Å². The molecule has 6 heteroatoms. The summed E-state index contributed by atoms with van der Waals surface area (Å²) in [5, 5.41) is 7.73. The second kappa shape index (κ2) is 8.23. The summed E-state index contributed by atoms with van der Waals surface area (Å²) in [6, 6.07) is 16.2. The van der Waals surface area contributed by atoms with E-state index in [1.54, 1.807) is 18.6 Å². The normalized spacial score (nSPS) is 10.7. The summed E-state index contributed by atoms with van der Waals surface area (Å²) in [5.41, 5.74) is 4.28. The molecule has 0 aliphatic rings. The summed E-state index contributed by atoms with van der Waals surface area (Å²) in [4.78, 5) is 12.9. The van der Waals surface area contributed by atoms with E-state index in [1.165, 1.54) is 11.1 Å². The second-order valence-corrected chi connectivity index (χ2v) is 6.21. The van der Waals surface area contributed by atoms with E-state index in [0.29, 0.717) is 5.95 Å². The van der Waals surface area contributed by atoms with Crippen molar-refractivity contribution in [3.05, 3.63) is 90.6 Å². The fourth-order valence-electron chi connectivity index (χ4n) is 2.83. The molecule has 0 radical (unpaired) electrons. The molecule has 0 saturated carbocycles. The first-order valence-electron chi connectivity index (χ1n) is 8.89. The Kier molecular flexibility index (Phi) is 5.15. The lowest BCUT2D eigenvalue weighted by Crippen LogP contribution is -2.08. The van der Waals surface area contributed by atoms with E-state index >= 15 is 0 Å². The number of aromatic nitrogens is 5. The van der Waals surface area contributed by atoms with Crippen molar-refractivity contribution < 1.29 is 0 Å². The summed E-state index contributed by atoms with van der Waals surface area (Å²) >= 11 is 0. The van der Waals surface area contributed by atoms with Gasteiger partial charge in [0.05, 0.1) is 18.4 Å². The number of anilines is 1. The Balaban J connectivity index is 1.40. The quantitative estimate of drug-likeness (QED) is 0.549. The van der Waals surface area contributed by atoms with Crippen LogP contribution in [0.2, 0.25) is 0 Å². The van der Waals surface area contributed by atoms with Gasteiger partial charge in [-0.2, -0.15) is 5.10 Å². The van der Waals surface area contributed by atoms with Crippen LogP contribution < -0.4 is 5.32 Å². The van der Waals surface area contributed by atoms with Crippen LogP contribution in [0.5, 0.6) is 0 Å². The van der Waals surface area contributed by atoms with Crippen LogP contribution in [0.15, 0.2) is 79.5 Å². The molecule has 1 N–H and O–H groups in total. The first-order valence-corrected chi connectivity index (χ1v) is 8.89. The lowest BCUT2D eigenvalue weighted by atomic mass is 10.2. The van der Waals surface area contributed by atoms with Gasteiger partial charge in [-0.05, 0) is 35.7 Å². The minimum atomic E-state index is 0.623. The zero-order chi connectivity index (χ0) is 18.3. The number of nitrogens with zero attached hydrogens (tertiary/aromatic N) is 5. The molecule has 0 spiro atoms. The van der Waals surface area contributed by atoms with Crippen molar-refractivity contribution >= 4 is 5.95 Å². The minimum Gasteiger partial charge on any atom is -0.354 e. The maximum atomic E-state index is 4.61. The molecule has 6 nitrogen and oxygen atoms in total. The molecule has 0 aliphatic carbocycles. The molecule has 134 valence electrons. The highest BCUT2D eigenvalue weighted by Crippen LogP contribution is 2.17. The molecule has 0 bridgehead atoms. The molecule has 3 heterocycles. The smallest absolute Gasteiger partial charge is 0.223 e. The van der Waals surface area contributed by atoms with Gasteiger partial charge in [0.2, 0.25) is 5.95 Å². The van der Waals surface area contributed by atoms with Gasteiger partial charge in [-0.3, -0.25) is 9.67 Å². The predicted molar refractivity (Wildman–Crippen MR) is 105 cm³/mol. The number of nitrogens with one attached hydrogen (secondary N) is 1. The topological polar surface area (TPSA) is 68.5 Å². The number of benzene rings is 1. The molecular formula is C21H20N6. The van der Waals surface area contributed by atoms with Gasteiger partial charge in [-0.15, -0.1) is 0 Å². The van der Waals surface area contributed by atoms with Gasteiger partial charge in [0.15, 0.2) is 0 Å². The average Bonchev–Trinajstić information content (AvgIpc) is 3.18. The Labute approximate surface area is 158 Å². The summed E-state index contributed by atoms with van der Waals surface area (Å²) in [7, 11) is 0. The molecule has 0 atom stereocenters. The maximum Gasteiger partial charge on any atom is 0.223 e. The number of hydrogen-bond donors (Lipinski definition) is 1. The largest absolute Gasteiger partial charge is 0.354 e. The predicted octanol–water partition coefficient (Wildman–Crippen LogP) is 3.44. The summed E-state index contributed by atoms with van der Waals surface area (Å²) in [6.07, 6.45) is 10.1. The van der Waals surface area contributed by atoms with Gasteiger partial charge < -0.3 is 5.32 Å². The van der Waals surface area contributed by atoms with E-state index in [4.69, 9.17) is 0 Å². The van der Waals surface area contributed by atoms with E-state index in [2.05, 4.69) is 37.5 Å². The highest BCUT2D eigenvalue weighted by molar-refractivity contribution is 5.57. The molecule has 0 amide bonds. The number of pyridine rings is 1. The Morgan fingerprint density at radius 3 is 2.59 bits per heavy atom. The molecule has 0 aliphatic heterocycles. The molecule has 0 unspecified atom stereocenters.